The normalized spacial score (nSPS) is 10.8. The maximum absolute atomic E-state index is 5.60. The first kappa shape index (κ1) is 11.4. The summed E-state index contributed by atoms with van der Waals surface area (Å²) >= 11 is 3.45. The second-order valence-electron chi connectivity index (χ2n) is 3.92. The maximum atomic E-state index is 5.60. The number of aromatic nitrogens is 2. The molecular weight excluding hydrogens is 266 g/mol. The molecule has 0 unspecified atom stereocenters. The summed E-state index contributed by atoms with van der Waals surface area (Å²) in [5.74, 6) is 0. The number of halogens is 1. The van der Waals surface area contributed by atoms with Crippen molar-refractivity contribution >= 4 is 15.9 Å². The Balaban J connectivity index is 2.49. The van der Waals surface area contributed by atoms with Crippen molar-refractivity contribution in [1.82, 2.24) is 9.78 Å². The Morgan fingerprint density at radius 1 is 1.25 bits per heavy atom. The van der Waals surface area contributed by atoms with E-state index in [1.54, 1.807) is 0 Å². The van der Waals surface area contributed by atoms with Crippen LogP contribution in [-0.2, 0) is 6.54 Å². The molecule has 0 amide bonds. The zero-order valence-corrected chi connectivity index (χ0v) is 11.0. The van der Waals surface area contributed by atoms with Crippen LogP contribution in [0.5, 0.6) is 0 Å². The standard InChI is InChI=1S/C12H14BrN3/c1-8-3-9(2)5-10(4-8)16-7-11(13)12(6-14)15-16/h3-5,7H,6,14H2,1-2H3. The van der Waals surface area contributed by atoms with Gasteiger partial charge in [0.2, 0.25) is 0 Å². The van der Waals surface area contributed by atoms with Gasteiger partial charge in [-0.15, -0.1) is 0 Å². The van der Waals surface area contributed by atoms with Gasteiger partial charge in [-0.05, 0) is 53.0 Å². The Hall–Kier alpha value is -1.13. The van der Waals surface area contributed by atoms with Crippen LogP contribution in [0.25, 0.3) is 5.69 Å². The predicted molar refractivity (Wildman–Crippen MR) is 68.6 cm³/mol. The maximum Gasteiger partial charge on any atom is 0.0906 e. The van der Waals surface area contributed by atoms with Crippen molar-refractivity contribution in [3.63, 3.8) is 0 Å². The van der Waals surface area contributed by atoms with Crippen LogP contribution in [0.3, 0.4) is 0 Å². The third-order valence-corrected chi connectivity index (χ3v) is 3.07. The highest BCUT2D eigenvalue weighted by atomic mass is 79.9. The van der Waals surface area contributed by atoms with E-state index in [-0.39, 0.29) is 0 Å². The first-order valence-corrected chi connectivity index (χ1v) is 5.92. The summed E-state index contributed by atoms with van der Waals surface area (Å²) in [6.07, 6.45) is 1.94. The minimum absolute atomic E-state index is 0.443. The van der Waals surface area contributed by atoms with Crippen molar-refractivity contribution in [3.05, 3.63) is 45.7 Å². The molecule has 0 aliphatic rings. The van der Waals surface area contributed by atoms with Crippen LogP contribution in [0.15, 0.2) is 28.9 Å². The molecule has 0 saturated carbocycles. The molecule has 2 N–H and O–H groups in total. The quantitative estimate of drug-likeness (QED) is 0.919. The van der Waals surface area contributed by atoms with Gasteiger partial charge in [0.15, 0.2) is 0 Å². The van der Waals surface area contributed by atoms with Crippen LogP contribution in [-0.4, -0.2) is 9.78 Å². The third-order valence-electron chi connectivity index (χ3n) is 2.40. The molecule has 0 aliphatic heterocycles. The van der Waals surface area contributed by atoms with E-state index in [4.69, 9.17) is 5.73 Å². The lowest BCUT2D eigenvalue weighted by Gasteiger charge is -2.04. The summed E-state index contributed by atoms with van der Waals surface area (Å²) in [5.41, 5.74) is 10.0. The Labute approximate surface area is 103 Å². The van der Waals surface area contributed by atoms with Crippen LogP contribution >= 0.6 is 15.9 Å². The molecule has 2 aromatic rings. The topological polar surface area (TPSA) is 43.8 Å². The molecule has 3 nitrogen and oxygen atoms in total. The van der Waals surface area contributed by atoms with Gasteiger partial charge in [0, 0.05) is 12.7 Å². The molecule has 4 heteroatoms. The number of benzene rings is 1. The molecule has 16 heavy (non-hydrogen) atoms. The van der Waals surface area contributed by atoms with Gasteiger partial charge in [-0.2, -0.15) is 5.10 Å². The average molecular weight is 280 g/mol. The fourth-order valence-corrected chi connectivity index (χ4v) is 2.18. The van der Waals surface area contributed by atoms with E-state index >= 15 is 0 Å². The van der Waals surface area contributed by atoms with Crippen LogP contribution in [0.1, 0.15) is 16.8 Å². The van der Waals surface area contributed by atoms with Gasteiger partial charge >= 0.3 is 0 Å². The number of nitrogens with two attached hydrogens (primary N) is 1. The van der Waals surface area contributed by atoms with Gasteiger partial charge in [0.05, 0.1) is 15.9 Å². The summed E-state index contributed by atoms with van der Waals surface area (Å²) in [5, 5.41) is 4.43. The molecule has 0 radical (unpaired) electrons. The molecule has 0 aliphatic carbocycles. The van der Waals surface area contributed by atoms with Gasteiger partial charge in [-0.25, -0.2) is 4.68 Å². The Morgan fingerprint density at radius 2 is 1.88 bits per heavy atom. The zero-order valence-electron chi connectivity index (χ0n) is 9.37. The number of rotatable bonds is 2. The van der Waals surface area contributed by atoms with E-state index in [2.05, 4.69) is 53.1 Å². The highest BCUT2D eigenvalue weighted by Crippen LogP contribution is 2.19. The summed E-state index contributed by atoms with van der Waals surface area (Å²) < 4.78 is 2.81. The Morgan fingerprint density at radius 3 is 2.38 bits per heavy atom. The summed E-state index contributed by atoms with van der Waals surface area (Å²) in [6.45, 7) is 4.61. The monoisotopic (exact) mass is 279 g/mol. The van der Waals surface area contributed by atoms with Crippen molar-refractivity contribution in [2.45, 2.75) is 20.4 Å². The highest BCUT2D eigenvalue weighted by Gasteiger charge is 2.06. The van der Waals surface area contributed by atoms with Crippen molar-refractivity contribution in [3.8, 4) is 5.69 Å². The van der Waals surface area contributed by atoms with Gasteiger partial charge < -0.3 is 5.73 Å². The lowest BCUT2D eigenvalue weighted by atomic mass is 10.1. The Kier molecular flexibility index (Phi) is 3.12. The van der Waals surface area contributed by atoms with E-state index in [1.807, 2.05) is 10.9 Å². The largest absolute Gasteiger partial charge is 0.325 e. The minimum Gasteiger partial charge on any atom is -0.325 e. The molecule has 1 aromatic heterocycles. The van der Waals surface area contributed by atoms with E-state index in [0.29, 0.717) is 6.54 Å². The highest BCUT2D eigenvalue weighted by molar-refractivity contribution is 9.10. The molecule has 84 valence electrons. The lowest BCUT2D eigenvalue weighted by Crippen LogP contribution is -2.01. The number of aryl methyl sites for hydroxylation is 2. The van der Waals surface area contributed by atoms with Crippen LogP contribution in [0.2, 0.25) is 0 Å². The summed E-state index contributed by atoms with van der Waals surface area (Å²) in [7, 11) is 0. The van der Waals surface area contributed by atoms with Crippen molar-refractivity contribution in [1.29, 1.82) is 0 Å². The van der Waals surface area contributed by atoms with Crippen LogP contribution in [0, 0.1) is 13.8 Å². The van der Waals surface area contributed by atoms with Crippen LogP contribution < -0.4 is 5.73 Å². The van der Waals surface area contributed by atoms with Gasteiger partial charge in [0.25, 0.3) is 0 Å². The summed E-state index contributed by atoms with van der Waals surface area (Å²) in [6, 6.07) is 6.35. The minimum atomic E-state index is 0.443. The molecule has 0 atom stereocenters. The molecular formula is C12H14BrN3. The Bertz CT molecular complexity index is 497. The first-order chi connectivity index (χ1) is 7.60. The molecule has 0 spiro atoms. The van der Waals surface area contributed by atoms with Gasteiger partial charge in [-0.3, -0.25) is 0 Å². The van der Waals surface area contributed by atoms with Crippen molar-refractivity contribution in [2.75, 3.05) is 0 Å². The third kappa shape index (κ3) is 2.18. The molecule has 1 heterocycles. The molecule has 0 saturated heterocycles. The predicted octanol–water partition coefficient (Wildman–Crippen LogP) is 2.71. The van der Waals surface area contributed by atoms with Gasteiger partial charge in [0.1, 0.15) is 0 Å². The smallest absolute Gasteiger partial charge is 0.0906 e. The number of nitrogens with zero attached hydrogens (tertiary/aromatic N) is 2. The first-order valence-electron chi connectivity index (χ1n) is 5.13. The number of hydrogen-bond donors (Lipinski definition) is 1. The fraction of sp³-hybridized carbons (Fsp3) is 0.250. The molecule has 1 aromatic carbocycles. The van der Waals surface area contributed by atoms with Gasteiger partial charge in [-0.1, -0.05) is 6.07 Å². The molecule has 0 fully saturated rings. The van der Waals surface area contributed by atoms with E-state index in [0.717, 1.165) is 15.9 Å². The lowest BCUT2D eigenvalue weighted by molar-refractivity contribution is 0.831. The van der Waals surface area contributed by atoms with Crippen molar-refractivity contribution < 1.29 is 0 Å². The SMILES string of the molecule is Cc1cc(C)cc(-n2cc(Br)c(CN)n2)c1. The number of hydrogen-bond acceptors (Lipinski definition) is 2. The van der Waals surface area contributed by atoms with Crippen molar-refractivity contribution in [2.24, 2.45) is 5.73 Å². The van der Waals surface area contributed by atoms with Crippen LogP contribution in [0.4, 0.5) is 0 Å². The second-order valence-corrected chi connectivity index (χ2v) is 4.77. The van der Waals surface area contributed by atoms with E-state index < -0.39 is 0 Å². The zero-order chi connectivity index (χ0) is 11.7. The van der Waals surface area contributed by atoms with E-state index in [1.165, 1.54) is 11.1 Å². The molecule has 0 bridgehead atoms. The average Bonchev–Trinajstić information content (AvgIpc) is 2.58. The molecule has 2 rings (SSSR count). The van der Waals surface area contributed by atoms with E-state index in [9.17, 15) is 0 Å². The fourth-order valence-electron chi connectivity index (χ4n) is 1.74. The second kappa shape index (κ2) is 4.39. The summed E-state index contributed by atoms with van der Waals surface area (Å²) in [4.78, 5) is 0.